The number of hydrogen-bond donors (Lipinski definition) is 2. The topological polar surface area (TPSA) is 78.1 Å². The van der Waals surface area contributed by atoms with Gasteiger partial charge in [-0.1, -0.05) is 13.3 Å². The fourth-order valence-corrected chi connectivity index (χ4v) is 4.06. The van der Waals surface area contributed by atoms with Crippen LogP contribution in [0.3, 0.4) is 0 Å². The number of rotatable bonds is 6. The number of sulfonamides is 1. The van der Waals surface area contributed by atoms with Gasteiger partial charge in [0.05, 0.1) is 6.20 Å². The molecular weight excluding hydrogens is 264 g/mol. The molecule has 2 heterocycles. The van der Waals surface area contributed by atoms with E-state index in [0.29, 0.717) is 6.54 Å². The van der Waals surface area contributed by atoms with Crippen LogP contribution in [0.5, 0.6) is 0 Å². The normalized spacial score (nSPS) is 21.6. The highest BCUT2D eigenvalue weighted by molar-refractivity contribution is 7.89. The molecule has 1 aliphatic rings. The average Bonchev–Trinajstić information content (AvgIpc) is 2.94. The SMILES string of the molecule is CCCNCC1CCCCN1S(=O)(=O)c1cn[nH]c1. The Bertz CT molecular complexity index is 472. The molecule has 108 valence electrons. The van der Waals surface area contributed by atoms with Crippen LogP contribution in [0.25, 0.3) is 0 Å². The Morgan fingerprint density at radius 1 is 1.53 bits per heavy atom. The summed E-state index contributed by atoms with van der Waals surface area (Å²) < 4.78 is 26.7. The van der Waals surface area contributed by atoms with Gasteiger partial charge in [-0.3, -0.25) is 5.10 Å². The van der Waals surface area contributed by atoms with Crippen molar-refractivity contribution in [2.24, 2.45) is 0 Å². The molecule has 2 rings (SSSR count). The highest BCUT2D eigenvalue weighted by Gasteiger charge is 2.33. The third kappa shape index (κ3) is 3.34. The molecule has 1 unspecified atom stereocenters. The van der Waals surface area contributed by atoms with E-state index >= 15 is 0 Å². The quantitative estimate of drug-likeness (QED) is 0.763. The maximum Gasteiger partial charge on any atom is 0.246 e. The molecule has 7 heteroatoms. The first-order valence-electron chi connectivity index (χ1n) is 6.87. The van der Waals surface area contributed by atoms with Gasteiger partial charge >= 0.3 is 0 Å². The highest BCUT2D eigenvalue weighted by Crippen LogP contribution is 2.24. The van der Waals surface area contributed by atoms with Crippen LogP contribution in [0.1, 0.15) is 32.6 Å². The second kappa shape index (κ2) is 6.49. The number of piperidine rings is 1. The zero-order chi connectivity index (χ0) is 13.7. The summed E-state index contributed by atoms with van der Waals surface area (Å²) in [6.07, 6.45) is 6.83. The van der Waals surface area contributed by atoms with Crippen molar-refractivity contribution >= 4 is 10.0 Å². The summed E-state index contributed by atoms with van der Waals surface area (Å²) in [5.41, 5.74) is 0. The molecule has 1 fully saturated rings. The molecule has 0 amide bonds. The van der Waals surface area contributed by atoms with Crippen LogP contribution in [0.2, 0.25) is 0 Å². The molecule has 6 nitrogen and oxygen atoms in total. The molecule has 0 saturated carbocycles. The smallest absolute Gasteiger partial charge is 0.246 e. The van der Waals surface area contributed by atoms with E-state index in [2.05, 4.69) is 22.4 Å². The molecule has 0 spiro atoms. The Balaban J connectivity index is 2.10. The lowest BCUT2D eigenvalue weighted by Gasteiger charge is -2.34. The van der Waals surface area contributed by atoms with Gasteiger partial charge in [-0.25, -0.2) is 8.42 Å². The van der Waals surface area contributed by atoms with E-state index in [1.807, 2.05) is 0 Å². The average molecular weight is 286 g/mol. The molecule has 2 N–H and O–H groups in total. The standard InChI is InChI=1S/C12H22N4O2S/c1-2-6-13-8-11-5-3-4-7-16(11)19(17,18)12-9-14-15-10-12/h9-11,13H,2-8H2,1H3,(H,14,15). The van der Waals surface area contributed by atoms with Gasteiger partial charge in [0.2, 0.25) is 10.0 Å². The zero-order valence-corrected chi connectivity index (χ0v) is 12.1. The number of nitrogens with zero attached hydrogens (tertiary/aromatic N) is 2. The highest BCUT2D eigenvalue weighted by atomic mass is 32.2. The van der Waals surface area contributed by atoms with Gasteiger partial charge in [-0.15, -0.1) is 0 Å². The molecule has 19 heavy (non-hydrogen) atoms. The lowest BCUT2D eigenvalue weighted by atomic mass is 10.1. The third-order valence-electron chi connectivity index (χ3n) is 3.46. The molecule has 1 aromatic rings. The fraction of sp³-hybridized carbons (Fsp3) is 0.750. The number of nitrogens with one attached hydrogen (secondary N) is 2. The van der Waals surface area contributed by atoms with Crippen LogP contribution in [-0.4, -0.2) is 48.6 Å². The van der Waals surface area contributed by atoms with Crippen molar-refractivity contribution < 1.29 is 8.42 Å². The summed E-state index contributed by atoms with van der Waals surface area (Å²) in [6, 6.07) is 0.0557. The van der Waals surface area contributed by atoms with Gasteiger partial charge in [0.15, 0.2) is 0 Å². The number of aromatic amines is 1. The predicted octanol–water partition coefficient (Wildman–Crippen LogP) is 0.952. The lowest BCUT2D eigenvalue weighted by Crippen LogP contribution is -2.48. The van der Waals surface area contributed by atoms with Crippen LogP contribution >= 0.6 is 0 Å². The molecule has 1 aromatic heterocycles. The molecule has 0 bridgehead atoms. The van der Waals surface area contributed by atoms with Crippen LogP contribution in [0, 0.1) is 0 Å². The Morgan fingerprint density at radius 2 is 2.37 bits per heavy atom. The molecule has 0 aromatic carbocycles. The second-order valence-corrected chi connectivity index (χ2v) is 6.79. The number of aromatic nitrogens is 2. The maximum atomic E-state index is 12.5. The summed E-state index contributed by atoms with van der Waals surface area (Å²) in [4.78, 5) is 0.259. The maximum absolute atomic E-state index is 12.5. The first kappa shape index (κ1) is 14.5. The minimum absolute atomic E-state index is 0.0557. The van der Waals surface area contributed by atoms with Gasteiger partial charge in [0, 0.05) is 25.3 Å². The van der Waals surface area contributed by atoms with E-state index in [1.165, 1.54) is 12.4 Å². The molecule has 1 saturated heterocycles. The van der Waals surface area contributed by atoms with Crippen molar-refractivity contribution in [1.82, 2.24) is 19.8 Å². The third-order valence-corrected chi connectivity index (χ3v) is 5.38. The predicted molar refractivity (Wildman–Crippen MR) is 73.3 cm³/mol. The lowest BCUT2D eigenvalue weighted by molar-refractivity contribution is 0.246. The molecule has 0 aliphatic carbocycles. The molecule has 1 atom stereocenters. The van der Waals surface area contributed by atoms with Gasteiger partial charge < -0.3 is 5.32 Å². The van der Waals surface area contributed by atoms with Crippen LogP contribution in [-0.2, 0) is 10.0 Å². The van der Waals surface area contributed by atoms with Crippen molar-refractivity contribution in [3.05, 3.63) is 12.4 Å². The first-order valence-corrected chi connectivity index (χ1v) is 8.31. The second-order valence-electron chi connectivity index (χ2n) is 4.90. The van der Waals surface area contributed by atoms with Crippen LogP contribution in [0.4, 0.5) is 0 Å². The van der Waals surface area contributed by atoms with Crippen LogP contribution in [0.15, 0.2) is 17.3 Å². The van der Waals surface area contributed by atoms with Gasteiger partial charge in [0.1, 0.15) is 4.90 Å². The van der Waals surface area contributed by atoms with Gasteiger partial charge in [-0.2, -0.15) is 9.40 Å². The summed E-state index contributed by atoms with van der Waals surface area (Å²) in [7, 11) is -3.41. The van der Waals surface area contributed by atoms with Gasteiger partial charge in [-0.05, 0) is 25.8 Å². The zero-order valence-electron chi connectivity index (χ0n) is 11.3. The van der Waals surface area contributed by atoms with E-state index in [1.54, 1.807) is 4.31 Å². The fourth-order valence-electron chi connectivity index (χ4n) is 2.46. The minimum Gasteiger partial charge on any atom is -0.315 e. The minimum atomic E-state index is -3.41. The molecular formula is C12H22N4O2S. The number of H-pyrrole nitrogens is 1. The summed E-state index contributed by atoms with van der Waals surface area (Å²) >= 11 is 0. The Labute approximate surface area is 114 Å². The first-order chi connectivity index (χ1) is 9.16. The Kier molecular flexibility index (Phi) is 4.95. The molecule has 0 radical (unpaired) electrons. The van der Waals surface area contributed by atoms with Crippen molar-refractivity contribution in [2.45, 2.75) is 43.5 Å². The van der Waals surface area contributed by atoms with Crippen molar-refractivity contribution in [2.75, 3.05) is 19.6 Å². The summed E-state index contributed by atoms with van der Waals surface area (Å²) in [6.45, 7) is 4.36. The van der Waals surface area contributed by atoms with E-state index < -0.39 is 10.0 Å². The monoisotopic (exact) mass is 286 g/mol. The van der Waals surface area contributed by atoms with Crippen LogP contribution < -0.4 is 5.32 Å². The van der Waals surface area contributed by atoms with Crippen molar-refractivity contribution in [3.63, 3.8) is 0 Å². The van der Waals surface area contributed by atoms with Crippen molar-refractivity contribution in [3.8, 4) is 0 Å². The Hall–Kier alpha value is -0.920. The van der Waals surface area contributed by atoms with E-state index in [9.17, 15) is 8.42 Å². The Morgan fingerprint density at radius 3 is 3.05 bits per heavy atom. The summed E-state index contributed by atoms with van der Waals surface area (Å²) in [5, 5.41) is 9.63. The van der Waals surface area contributed by atoms with E-state index in [4.69, 9.17) is 0 Å². The molecule has 1 aliphatic heterocycles. The van der Waals surface area contributed by atoms with E-state index in [0.717, 1.165) is 38.8 Å². The van der Waals surface area contributed by atoms with Gasteiger partial charge in [0.25, 0.3) is 0 Å². The van der Waals surface area contributed by atoms with Crippen molar-refractivity contribution in [1.29, 1.82) is 0 Å². The summed E-state index contributed by atoms with van der Waals surface area (Å²) in [5.74, 6) is 0. The largest absolute Gasteiger partial charge is 0.315 e. The number of hydrogen-bond acceptors (Lipinski definition) is 4. The van der Waals surface area contributed by atoms with E-state index in [-0.39, 0.29) is 10.9 Å².